The molecule has 0 radical (unpaired) electrons. The number of benzene rings is 1. The van der Waals surface area contributed by atoms with Crippen LogP contribution < -0.4 is 0 Å². The predicted molar refractivity (Wildman–Crippen MR) is 83.3 cm³/mol. The fourth-order valence-electron chi connectivity index (χ4n) is 2.88. The highest BCUT2D eigenvalue weighted by Crippen LogP contribution is 2.22. The predicted octanol–water partition coefficient (Wildman–Crippen LogP) is 1.89. The van der Waals surface area contributed by atoms with Gasteiger partial charge in [0.15, 0.2) is 0 Å². The lowest BCUT2D eigenvalue weighted by molar-refractivity contribution is -0.0776. The molecular weight excluding hydrogens is 266 g/mol. The summed E-state index contributed by atoms with van der Waals surface area (Å²) in [5, 5.41) is 20.7. The summed E-state index contributed by atoms with van der Waals surface area (Å²) in [6.45, 7) is 4.70. The van der Waals surface area contributed by atoms with Gasteiger partial charge in [0.1, 0.15) is 0 Å². The molecule has 0 saturated carbocycles. The van der Waals surface area contributed by atoms with Crippen LogP contribution in [-0.2, 0) is 4.74 Å². The third-order valence-corrected chi connectivity index (χ3v) is 4.20. The highest BCUT2D eigenvalue weighted by Gasteiger charge is 2.30. The lowest BCUT2D eigenvalue weighted by Crippen LogP contribution is -2.46. The highest BCUT2D eigenvalue weighted by molar-refractivity contribution is 5.23. The summed E-state index contributed by atoms with van der Waals surface area (Å²) < 4.78 is 5.30. The zero-order valence-corrected chi connectivity index (χ0v) is 13.1. The van der Waals surface area contributed by atoms with Crippen molar-refractivity contribution in [2.45, 2.75) is 37.9 Å². The molecule has 0 aromatic heterocycles. The van der Waals surface area contributed by atoms with Crippen molar-refractivity contribution in [1.29, 1.82) is 0 Å². The van der Waals surface area contributed by atoms with E-state index in [4.69, 9.17) is 4.74 Å². The van der Waals surface area contributed by atoms with Crippen molar-refractivity contribution in [2.75, 3.05) is 33.4 Å². The molecule has 2 N–H and O–H groups in total. The number of aryl methyl sites for hydroxylation is 1. The van der Waals surface area contributed by atoms with Crippen LogP contribution in [0.3, 0.4) is 0 Å². The van der Waals surface area contributed by atoms with E-state index in [1.165, 1.54) is 0 Å². The summed E-state index contributed by atoms with van der Waals surface area (Å²) in [5.74, 6) is 0. The van der Waals surface area contributed by atoms with Gasteiger partial charge in [-0.3, -0.25) is 0 Å². The topological polar surface area (TPSA) is 52.9 Å². The standard InChI is InChI=1S/C17H27NO3/c1-14-4-3-5-15(12-14)16(19)6-9-18(2)13-17(20)7-10-21-11-8-17/h3-5,12,16,19-20H,6-11,13H2,1-2H3. The lowest BCUT2D eigenvalue weighted by atomic mass is 9.94. The second-order valence-electron chi connectivity index (χ2n) is 6.29. The number of hydrogen-bond acceptors (Lipinski definition) is 4. The number of aliphatic hydroxyl groups excluding tert-OH is 1. The number of nitrogens with zero attached hydrogens (tertiary/aromatic N) is 1. The molecule has 1 aromatic carbocycles. The molecule has 1 unspecified atom stereocenters. The van der Waals surface area contributed by atoms with Gasteiger partial charge in [0.25, 0.3) is 0 Å². The molecule has 1 atom stereocenters. The molecule has 1 aromatic rings. The van der Waals surface area contributed by atoms with E-state index in [0.29, 0.717) is 39.0 Å². The van der Waals surface area contributed by atoms with Crippen LogP contribution in [-0.4, -0.2) is 54.1 Å². The Morgan fingerprint density at radius 2 is 2.05 bits per heavy atom. The minimum absolute atomic E-state index is 0.448. The molecular formula is C17H27NO3. The molecule has 4 nitrogen and oxygen atoms in total. The number of rotatable bonds is 6. The van der Waals surface area contributed by atoms with Crippen LogP contribution >= 0.6 is 0 Å². The SMILES string of the molecule is Cc1cccc(C(O)CCN(C)CC2(O)CCOCC2)c1. The summed E-state index contributed by atoms with van der Waals surface area (Å²) in [5.41, 5.74) is 1.49. The first-order valence-electron chi connectivity index (χ1n) is 7.72. The van der Waals surface area contributed by atoms with E-state index in [2.05, 4.69) is 4.90 Å². The number of aliphatic hydroxyl groups is 2. The Kier molecular flexibility index (Phi) is 5.76. The van der Waals surface area contributed by atoms with Gasteiger partial charge in [-0.1, -0.05) is 29.8 Å². The molecule has 0 amide bonds. The van der Waals surface area contributed by atoms with E-state index < -0.39 is 11.7 Å². The zero-order valence-electron chi connectivity index (χ0n) is 13.1. The molecule has 0 bridgehead atoms. The van der Waals surface area contributed by atoms with Crippen LogP contribution in [0.2, 0.25) is 0 Å². The van der Waals surface area contributed by atoms with Crippen LogP contribution in [0.4, 0.5) is 0 Å². The van der Waals surface area contributed by atoms with Gasteiger partial charge in [-0.2, -0.15) is 0 Å². The molecule has 4 heteroatoms. The van der Waals surface area contributed by atoms with Crippen LogP contribution in [0.1, 0.15) is 36.5 Å². The normalized spacial score (nSPS) is 19.7. The van der Waals surface area contributed by atoms with E-state index in [1.807, 2.05) is 38.2 Å². The Bertz CT molecular complexity index is 443. The lowest BCUT2D eigenvalue weighted by Gasteiger charge is -2.35. The van der Waals surface area contributed by atoms with Crippen molar-refractivity contribution in [1.82, 2.24) is 4.90 Å². The van der Waals surface area contributed by atoms with E-state index in [1.54, 1.807) is 0 Å². The average Bonchev–Trinajstić information content (AvgIpc) is 2.45. The Labute approximate surface area is 127 Å². The molecule has 0 aliphatic carbocycles. The molecule has 118 valence electrons. The minimum atomic E-state index is -0.638. The van der Waals surface area contributed by atoms with E-state index in [-0.39, 0.29) is 0 Å². The van der Waals surface area contributed by atoms with Crippen molar-refractivity contribution < 1.29 is 14.9 Å². The fourth-order valence-corrected chi connectivity index (χ4v) is 2.88. The van der Waals surface area contributed by atoms with Crippen molar-refractivity contribution in [3.05, 3.63) is 35.4 Å². The summed E-state index contributed by atoms with van der Waals surface area (Å²) >= 11 is 0. The van der Waals surface area contributed by atoms with Crippen LogP contribution in [0.25, 0.3) is 0 Å². The third-order valence-electron chi connectivity index (χ3n) is 4.20. The largest absolute Gasteiger partial charge is 0.388 e. The molecule has 21 heavy (non-hydrogen) atoms. The van der Waals surface area contributed by atoms with Gasteiger partial charge in [0.2, 0.25) is 0 Å². The first-order valence-corrected chi connectivity index (χ1v) is 7.72. The van der Waals surface area contributed by atoms with Crippen molar-refractivity contribution in [2.24, 2.45) is 0 Å². The average molecular weight is 293 g/mol. The second kappa shape index (κ2) is 7.36. The minimum Gasteiger partial charge on any atom is -0.388 e. The molecule has 1 aliphatic heterocycles. The van der Waals surface area contributed by atoms with Crippen LogP contribution in [0, 0.1) is 6.92 Å². The maximum atomic E-state index is 10.5. The second-order valence-corrected chi connectivity index (χ2v) is 6.29. The number of hydrogen-bond donors (Lipinski definition) is 2. The van der Waals surface area contributed by atoms with Gasteiger partial charge in [0, 0.05) is 39.1 Å². The monoisotopic (exact) mass is 293 g/mol. The highest BCUT2D eigenvalue weighted by atomic mass is 16.5. The summed E-state index contributed by atoms with van der Waals surface area (Å²) in [4.78, 5) is 2.10. The summed E-state index contributed by atoms with van der Waals surface area (Å²) in [6, 6.07) is 7.99. The molecule has 1 aliphatic rings. The number of likely N-dealkylation sites (N-methyl/N-ethyl adjacent to an activating group) is 1. The quantitative estimate of drug-likeness (QED) is 0.841. The van der Waals surface area contributed by atoms with Crippen LogP contribution in [0.15, 0.2) is 24.3 Å². The first-order chi connectivity index (χ1) is 9.98. The fraction of sp³-hybridized carbons (Fsp3) is 0.647. The molecule has 1 saturated heterocycles. The van der Waals surface area contributed by atoms with Crippen molar-refractivity contribution in [3.63, 3.8) is 0 Å². The molecule has 2 rings (SSSR count). The van der Waals surface area contributed by atoms with Gasteiger partial charge >= 0.3 is 0 Å². The van der Waals surface area contributed by atoms with Gasteiger partial charge in [-0.05, 0) is 26.0 Å². The Hall–Kier alpha value is -0.940. The maximum Gasteiger partial charge on any atom is 0.0817 e. The zero-order chi connectivity index (χ0) is 15.3. The van der Waals surface area contributed by atoms with Crippen molar-refractivity contribution >= 4 is 0 Å². The van der Waals surface area contributed by atoms with Crippen molar-refractivity contribution in [3.8, 4) is 0 Å². The summed E-state index contributed by atoms with van der Waals surface area (Å²) in [6.07, 6.45) is 1.61. The van der Waals surface area contributed by atoms with Crippen LogP contribution in [0.5, 0.6) is 0 Å². The molecule has 1 fully saturated rings. The third kappa shape index (κ3) is 5.08. The first kappa shape index (κ1) is 16.4. The van der Waals surface area contributed by atoms with Gasteiger partial charge in [-0.25, -0.2) is 0 Å². The van der Waals surface area contributed by atoms with Gasteiger partial charge in [0.05, 0.1) is 11.7 Å². The van der Waals surface area contributed by atoms with E-state index >= 15 is 0 Å². The van der Waals surface area contributed by atoms with Gasteiger partial charge in [-0.15, -0.1) is 0 Å². The molecule has 1 heterocycles. The number of ether oxygens (including phenoxy) is 1. The van der Waals surface area contributed by atoms with E-state index in [0.717, 1.165) is 17.7 Å². The summed E-state index contributed by atoms with van der Waals surface area (Å²) in [7, 11) is 2.00. The smallest absolute Gasteiger partial charge is 0.0817 e. The Balaban J connectivity index is 1.79. The Morgan fingerprint density at radius 3 is 2.71 bits per heavy atom. The van der Waals surface area contributed by atoms with E-state index in [9.17, 15) is 10.2 Å². The maximum absolute atomic E-state index is 10.5. The Morgan fingerprint density at radius 1 is 1.33 bits per heavy atom. The molecule has 0 spiro atoms. The van der Waals surface area contributed by atoms with Gasteiger partial charge < -0.3 is 19.8 Å².